The van der Waals surface area contributed by atoms with Crippen LogP contribution in [0.15, 0.2) is 23.8 Å². The lowest BCUT2D eigenvalue weighted by molar-refractivity contribution is -0.104. The Morgan fingerprint density at radius 1 is 1.54 bits per heavy atom. The fourth-order valence-corrected chi connectivity index (χ4v) is 2.35. The van der Waals surface area contributed by atoms with Crippen LogP contribution in [0.2, 0.25) is 0 Å². The van der Waals surface area contributed by atoms with Crippen LogP contribution < -0.4 is 0 Å². The molecule has 1 rings (SSSR count). The topological polar surface area (TPSA) is 74.6 Å². The third-order valence-electron chi connectivity index (χ3n) is 1.61. The van der Waals surface area contributed by atoms with Crippen molar-refractivity contribution < 1.29 is 19.1 Å². The fraction of sp³-hybridized carbons (Fsp3) is 0.143. The van der Waals surface area contributed by atoms with Crippen molar-refractivity contribution in [2.75, 3.05) is 0 Å². The van der Waals surface area contributed by atoms with E-state index in [0.717, 1.165) is 0 Å². The molecule has 4 nitrogen and oxygen atoms in total. The Morgan fingerprint density at radius 2 is 2.15 bits per heavy atom. The van der Waals surface area contributed by atoms with E-state index in [2.05, 4.69) is 0 Å². The van der Waals surface area contributed by atoms with Crippen LogP contribution in [0.25, 0.3) is 0 Å². The summed E-state index contributed by atoms with van der Waals surface area (Å²) in [5, 5.41) is 0. The van der Waals surface area contributed by atoms with Gasteiger partial charge in [0.25, 0.3) is 0 Å². The van der Waals surface area contributed by atoms with Gasteiger partial charge in [-0.15, -0.1) is 0 Å². The minimum absolute atomic E-state index is 0.00540. The molecular weight excluding hydrogens is 211 g/mol. The first-order valence-electron chi connectivity index (χ1n) is 3.40. The number of carbonyl (C=O) groups is 1. The number of thiocarbonyl (C=S) groups is 1. The average molecular weight is 218 g/mol. The summed E-state index contributed by atoms with van der Waals surface area (Å²) in [6.45, 7) is 0. The summed E-state index contributed by atoms with van der Waals surface area (Å²) in [5.41, 5.74) is -0.974. The molecule has 0 aromatic carbocycles. The van der Waals surface area contributed by atoms with E-state index < -0.39 is 13.3 Å². The maximum Gasteiger partial charge on any atom is 0.337 e. The molecule has 1 atom stereocenters. The molecule has 1 aliphatic rings. The van der Waals surface area contributed by atoms with Gasteiger partial charge in [0.2, 0.25) is 0 Å². The van der Waals surface area contributed by atoms with Crippen molar-refractivity contribution in [1.82, 2.24) is 0 Å². The van der Waals surface area contributed by atoms with Crippen molar-refractivity contribution in [1.29, 1.82) is 0 Å². The van der Waals surface area contributed by atoms with Crippen LogP contribution >= 0.6 is 19.8 Å². The van der Waals surface area contributed by atoms with Crippen LogP contribution in [-0.2, 0) is 9.36 Å². The van der Waals surface area contributed by atoms with Crippen LogP contribution in [0.3, 0.4) is 0 Å². The van der Waals surface area contributed by atoms with Gasteiger partial charge in [-0.2, -0.15) is 0 Å². The summed E-state index contributed by atoms with van der Waals surface area (Å²) in [7, 11) is -4.28. The van der Waals surface area contributed by atoms with Crippen LogP contribution in [-0.4, -0.2) is 26.6 Å². The molecule has 0 spiro atoms. The summed E-state index contributed by atoms with van der Waals surface area (Å²) in [5.74, 6) is 0. The quantitative estimate of drug-likeness (QED) is 0.403. The summed E-state index contributed by atoms with van der Waals surface area (Å²) < 4.78 is 10.9. The molecule has 0 fully saturated rings. The predicted molar refractivity (Wildman–Crippen MR) is 51.7 cm³/mol. The lowest BCUT2D eigenvalue weighted by Gasteiger charge is -2.17. The van der Waals surface area contributed by atoms with Crippen molar-refractivity contribution in [3.63, 3.8) is 0 Å². The zero-order chi connectivity index (χ0) is 10.1. The van der Waals surface area contributed by atoms with E-state index in [-0.39, 0.29) is 10.4 Å². The highest BCUT2D eigenvalue weighted by molar-refractivity contribution is 7.82. The third kappa shape index (κ3) is 2.19. The molecule has 0 saturated heterocycles. The van der Waals surface area contributed by atoms with Crippen LogP contribution in [0, 0.1) is 0 Å². The van der Waals surface area contributed by atoms with Gasteiger partial charge in [0.15, 0.2) is 6.29 Å². The summed E-state index contributed by atoms with van der Waals surface area (Å²) >= 11 is 4.75. The zero-order valence-electron chi connectivity index (χ0n) is 6.45. The molecule has 13 heavy (non-hydrogen) atoms. The highest BCUT2D eigenvalue weighted by Crippen LogP contribution is 2.44. The number of allylic oxidation sites excluding steroid dienone is 4. The van der Waals surface area contributed by atoms with Gasteiger partial charge in [0.05, 0.1) is 0 Å². The van der Waals surface area contributed by atoms with Crippen molar-refractivity contribution in [2.45, 2.75) is 5.66 Å². The Balaban J connectivity index is 3.04. The molecule has 0 bridgehead atoms. The minimum Gasteiger partial charge on any atom is -0.324 e. The molecular formula is C7H7O4PS. The number of aldehydes is 1. The first-order chi connectivity index (χ1) is 5.96. The molecule has 0 aromatic heterocycles. The van der Waals surface area contributed by atoms with Crippen molar-refractivity contribution in [2.24, 2.45) is 0 Å². The smallest absolute Gasteiger partial charge is 0.324 e. The molecule has 6 heteroatoms. The molecule has 0 aromatic rings. The second-order valence-corrected chi connectivity index (χ2v) is 4.70. The van der Waals surface area contributed by atoms with Crippen LogP contribution in [0.4, 0.5) is 0 Å². The van der Waals surface area contributed by atoms with Gasteiger partial charge in [0.1, 0.15) is 5.66 Å². The standard InChI is InChI=1S/C7H7O4PS/c8-4-5-2-1-3-6(7(5)13)12(9,10)11/h1-4,6H,(H2,9,10,11). The predicted octanol–water partition coefficient (Wildman–Crippen LogP) is 0.598. The molecule has 0 radical (unpaired) electrons. The van der Waals surface area contributed by atoms with Gasteiger partial charge < -0.3 is 9.79 Å². The van der Waals surface area contributed by atoms with Crippen LogP contribution in [0.5, 0.6) is 0 Å². The van der Waals surface area contributed by atoms with Crippen molar-refractivity contribution in [3.05, 3.63) is 23.8 Å². The Kier molecular flexibility index (Phi) is 2.93. The Bertz CT molecular complexity index is 352. The van der Waals surface area contributed by atoms with E-state index in [1.165, 1.54) is 18.2 Å². The van der Waals surface area contributed by atoms with Gasteiger partial charge in [-0.25, -0.2) is 0 Å². The summed E-state index contributed by atoms with van der Waals surface area (Å²) in [6.07, 6.45) is 4.65. The Morgan fingerprint density at radius 3 is 2.62 bits per heavy atom. The Labute approximate surface area is 80.1 Å². The number of hydrogen-bond donors (Lipinski definition) is 2. The van der Waals surface area contributed by atoms with E-state index in [9.17, 15) is 9.36 Å². The average Bonchev–Trinajstić information content (AvgIpc) is 2.02. The Hall–Kier alpha value is -0.610. The third-order valence-corrected chi connectivity index (χ3v) is 3.43. The minimum atomic E-state index is -4.28. The van der Waals surface area contributed by atoms with E-state index >= 15 is 0 Å². The maximum absolute atomic E-state index is 10.9. The normalized spacial score (nSPS) is 22.8. The monoisotopic (exact) mass is 218 g/mol. The molecule has 70 valence electrons. The highest BCUT2D eigenvalue weighted by Gasteiger charge is 2.32. The molecule has 0 heterocycles. The SMILES string of the molecule is O=CC1=CC=CC(P(=O)(O)O)C1=S. The van der Waals surface area contributed by atoms with Gasteiger partial charge in [0, 0.05) is 10.4 Å². The second-order valence-electron chi connectivity index (χ2n) is 2.52. The first kappa shape index (κ1) is 10.5. The van der Waals surface area contributed by atoms with E-state index in [0.29, 0.717) is 6.29 Å². The number of rotatable bonds is 2. The van der Waals surface area contributed by atoms with Gasteiger partial charge in [-0.05, 0) is 0 Å². The van der Waals surface area contributed by atoms with Gasteiger partial charge in [-0.3, -0.25) is 9.36 Å². The maximum atomic E-state index is 10.9. The largest absolute Gasteiger partial charge is 0.337 e. The molecule has 1 unspecified atom stereocenters. The lowest BCUT2D eigenvalue weighted by Crippen LogP contribution is -2.21. The first-order valence-corrected chi connectivity index (χ1v) is 5.49. The summed E-state index contributed by atoms with van der Waals surface area (Å²) in [4.78, 5) is 28.1. The second kappa shape index (κ2) is 3.64. The van der Waals surface area contributed by atoms with Gasteiger partial charge >= 0.3 is 7.60 Å². The van der Waals surface area contributed by atoms with E-state index in [1.54, 1.807) is 0 Å². The van der Waals surface area contributed by atoms with Crippen LogP contribution in [0.1, 0.15) is 0 Å². The fourth-order valence-electron chi connectivity index (χ4n) is 0.967. The van der Waals surface area contributed by atoms with Gasteiger partial charge in [-0.1, -0.05) is 30.4 Å². The molecule has 0 aliphatic heterocycles. The number of hydrogen-bond acceptors (Lipinski definition) is 3. The zero-order valence-corrected chi connectivity index (χ0v) is 8.16. The molecule has 0 saturated carbocycles. The van der Waals surface area contributed by atoms with E-state index in [4.69, 9.17) is 22.0 Å². The molecule has 1 aliphatic carbocycles. The highest BCUT2D eigenvalue weighted by atomic mass is 32.1. The molecule has 2 N–H and O–H groups in total. The van der Waals surface area contributed by atoms with E-state index in [1.807, 2.05) is 0 Å². The van der Waals surface area contributed by atoms with Crippen molar-refractivity contribution >= 4 is 31.0 Å². The van der Waals surface area contributed by atoms with Crippen molar-refractivity contribution in [3.8, 4) is 0 Å². The summed E-state index contributed by atoms with van der Waals surface area (Å²) in [6, 6.07) is 0. The molecule has 0 amide bonds. The number of carbonyl (C=O) groups excluding carboxylic acids is 1. The lowest BCUT2D eigenvalue weighted by atomic mass is 10.1.